The quantitative estimate of drug-likeness (QED) is 0.416. The van der Waals surface area contributed by atoms with E-state index < -0.39 is 0 Å². The van der Waals surface area contributed by atoms with Crippen LogP contribution in [0.2, 0.25) is 0 Å². The van der Waals surface area contributed by atoms with Gasteiger partial charge in [0.25, 0.3) is 0 Å². The van der Waals surface area contributed by atoms with E-state index in [2.05, 4.69) is 15.6 Å². The topological polar surface area (TPSA) is 17.1 Å². The van der Waals surface area contributed by atoms with Gasteiger partial charge in [-0.2, -0.15) is 0 Å². The molecule has 0 bridgehead atoms. The van der Waals surface area contributed by atoms with Gasteiger partial charge < -0.3 is 0 Å². The Hall–Kier alpha value is 0.619. The summed E-state index contributed by atoms with van der Waals surface area (Å²) >= 11 is 2.34. The van der Waals surface area contributed by atoms with Gasteiger partial charge in [-0.1, -0.05) is 0 Å². The fourth-order valence-electron chi connectivity index (χ4n) is 0. The maximum Gasteiger partial charge on any atom is 0 e. The molecule has 0 aliphatic rings. The van der Waals surface area contributed by atoms with Gasteiger partial charge in [0.05, 0.1) is 0 Å². The van der Waals surface area contributed by atoms with Crippen molar-refractivity contribution in [2.24, 2.45) is 0 Å². The number of hydrogen-bond acceptors (Lipinski definition) is 1. The van der Waals surface area contributed by atoms with Crippen LogP contribution in [0.25, 0.3) is 0 Å². The van der Waals surface area contributed by atoms with Crippen LogP contribution < -0.4 is 0 Å². The molecule has 0 rings (SSSR count). The molecule has 4 heavy (non-hydrogen) atoms. The van der Waals surface area contributed by atoms with E-state index in [1.54, 1.807) is 0 Å². The van der Waals surface area contributed by atoms with Crippen LogP contribution in [0.1, 0.15) is 0 Å². The van der Waals surface area contributed by atoms with Crippen molar-refractivity contribution in [3.63, 3.8) is 0 Å². The molecule has 0 aromatic rings. The van der Waals surface area contributed by atoms with E-state index in [1.165, 1.54) is 4.79 Å². The fraction of sp³-hybridized carbons (Fsp3) is 0. The molecule has 0 aliphatic heterocycles. The number of rotatable bonds is 0. The molecule has 0 spiro atoms. The van der Waals surface area contributed by atoms with Crippen molar-refractivity contribution in [1.82, 2.24) is 0 Å². The second-order valence-corrected chi connectivity index (χ2v) is 0.318. The number of hydrogen-bond donors (Lipinski definition) is 0. The Morgan fingerprint density at radius 3 is 1.75 bits per heavy atom. The second kappa shape index (κ2) is 9.47. The monoisotopic (exact) mass is 138 g/mol. The summed E-state index contributed by atoms with van der Waals surface area (Å²) in [5.74, 6) is 0. The molecule has 3 heteroatoms. The number of carbonyl (C=O) groups excluding carboxylic acids is 1. The van der Waals surface area contributed by atoms with E-state index in [0.29, 0.717) is 0 Å². The zero-order valence-corrected chi connectivity index (χ0v) is 4.03. The SMILES string of the molecule is O=[C]=[Mn].[Mn]. The Morgan fingerprint density at radius 2 is 1.75 bits per heavy atom. The zero-order valence-electron chi connectivity index (χ0n) is 1.66. The van der Waals surface area contributed by atoms with Gasteiger partial charge in [0, 0.05) is 17.1 Å². The molecule has 0 atom stereocenters. The van der Waals surface area contributed by atoms with Crippen molar-refractivity contribution >= 4 is 4.79 Å². The minimum atomic E-state index is 0. The maximum absolute atomic E-state index is 8.60. The first kappa shape index (κ1) is 8.82. The van der Waals surface area contributed by atoms with Crippen LogP contribution in [0.3, 0.4) is 0 Å². The standard InChI is InChI=1S/CO.2Mn/c1-2;;. The smallest absolute Gasteiger partial charge is 0 e. The van der Waals surface area contributed by atoms with Gasteiger partial charge in [-0.25, -0.2) is 0 Å². The summed E-state index contributed by atoms with van der Waals surface area (Å²) in [4.78, 5) is 9.91. The molecule has 0 aliphatic carbocycles. The molecule has 0 unspecified atom stereocenters. The third-order valence-electron chi connectivity index (χ3n) is 0. The van der Waals surface area contributed by atoms with E-state index >= 15 is 0 Å². The van der Waals surface area contributed by atoms with Crippen LogP contribution in [0.15, 0.2) is 0 Å². The Bertz CT molecular complexity index is 27.0. The van der Waals surface area contributed by atoms with E-state index in [0.717, 1.165) is 0 Å². The van der Waals surface area contributed by atoms with Gasteiger partial charge in [-0.3, -0.25) is 0 Å². The fourth-order valence-corrected chi connectivity index (χ4v) is 0. The van der Waals surface area contributed by atoms with Crippen LogP contribution in [-0.4, -0.2) is 4.79 Å². The van der Waals surface area contributed by atoms with Crippen molar-refractivity contribution in [1.29, 1.82) is 0 Å². The maximum atomic E-state index is 8.60. The van der Waals surface area contributed by atoms with Gasteiger partial charge in [-0.15, -0.1) is 0 Å². The Balaban J connectivity index is 0. The first-order valence-electron chi connectivity index (χ1n) is 0.393. The molecule has 0 aromatic heterocycles. The van der Waals surface area contributed by atoms with Crippen LogP contribution in [-0.2, 0) is 37.4 Å². The minimum absolute atomic E-state index is 0. The third-order valence-corrected chi connectivity index (χ3v) is 0. The first-order chi connectivity index (χ1) is 1.41. The Morgan fingerprint density at radius 1 is 1.75 bits per heavy atom. The predicted octanol–water partition coefficient (Wildman–Crippen LogP) is -0.402. The van der Waals surface area contributed by atoms with Gasteiger partial charge in [0.15, 0.2) is 0 Å². The van der Waals surface area contributed by atoms with Crippen LogP contribution in [0, 0.1) is 0 Å². The van der Waals surface area contributed by atoms with E-state index in [9.17, 15) is 0 Å². The molecular formula is CMn2O. The zero-order chi connectivity index (χ0) is 2.71. The van der Waals surface area contributed by atoms with E-state index in [-0.39, 0.29) is 17.1 Å². The van der Waals surface area contributed by atoms with Gasteiger partial charge in [0.2, 0.25) is 0 Å². The largest absolute Gasteiger partial charge is 0 e. The molecule has 0 aromatic carbocycles. The van der Waals surface area contributed by atoms with Gasteiger partial charge >= 0.3 is 25.2 Å². The van der Waals surface area contributed by atoms with Gasteiger partial charge in [-0.05, 0) is 0 Å². The van der Waals surface area contributed by atoms with Crippen LogP contribution in [0.4, 0.5) is 0 Å². The molecule has 0 saturated carbocycles. The van der Waals surface area contributed by atoms with Crippen molar-refractivity contribution in [3.05, 3.63) is 0 Å². The minimum Gasteiger partial charge on any atom is 0 e. The van der Waals surface area contributed by atoms with Crippen LogP contribution in [0.5, 0.6) is 0 Å². The Kier molecular flexibility index (Phi) is 20.9. The van der Waals surface area contributed by atoms with Gasteiger partial charge in [0.1, 0.15) is 0 Å². The second-order valence-electron chi connectivity index (χ2n) is 0.0772. The molecule has 24 valence electrons. The predicted molar refractivity (Wildman–Crippen MR) is 5.69 cm³/mol. The summed E-state index contributed by atoms with van der Waals surface area (Å²) in [5.41, 5.74) is 0. The molecule has 1 radical (unpaired) electrons. The molecule has 0 N–H and O–H groups in total. The summed E-state index contributed by atoms with van der Waals surface area (Å²) in [6.07, 6.45) is 0. The van der Waals surface area contributed by atoms with Crippen molar-refractivity contribution in [2.75, 3.05) is 0 Å². The molecule has 0 saturated heterocycles. The Labute approximate surface area is 42.6 Å². The van der Waals surface area contributed by atoms with E-state index in [4.69, 9.17) is 4.79 Å². The van der Waals surface area contributed by atoms with Crippen molar-refractivity contribution < 1.29 is 37.4 Å². The summed E-state index contributed by atoms with van der Waals surface area (Å²) in [6.45, 7) is 0. The summed E-state index contributed by atoms with van der Waals surface area (Å²) < 4.78 is 0. The van der Waals surface area contributed by atoms with Crippen molar-refractivity contribution in [2.45, 2.75) is 0 Å². The average Bonchev–Trinajstić information content (AvgIpc) is 0.918. The third kappa shape index (κ3) is 17.9. The molecule has 0 heterocycles. The van der Waals surface area contributed by atoms with Crippen molar-refractivity contribution in [3.8, 4) is 0 Å². The average molecular weight is 138 g/mol. The van der Waals surface area contributed by atoms with Crippen LogP contribution >= 0.6 is 0 Å². The normalized spacial score (nSPS) is 2.00. The first-order valence-corrected chi connectivity index (χ1v) is 0.983. The molecular weight excluding hydrogens is 138 g/mol. The molecule has 0 amide bonds. The van der Waals surface area contributed by atoms with E-state index in [1.807, 2.05) is 0 Å². The molecule has 0 fully saturated rings. The summed E-state index contributed by atoms with van der Waals surface area (Å²) in [5, 5.41) is 0. The summed E-state index contributed by atoms with van der Waals surface area (Å²) in [7, 11) is 0. The summed E-state index contributed by atoms with van der Waals surface area (Å²) in [6, 6.07) is 0. The molecule has 1 nitrogen and oxygen atoms in total.